The molecule has 7 heteroatoms. The van der Waals surface area contributed by atoms with Crippen molar-refractivity contribution in [3.05, 3.63) is 53.7 Å². The second kappa shape index (κ2) is 9.24. The molecule has 32 heavy (non-hydrogen) atoms. The molecule has 172 valence electrons. The molecule has 6 nitrogen and oxygen atoms in total. The number of hydrogen-bond acceptors (Lipinski definition) is 4. The van der Waals surface area contributed by atoms with Crippen LogP contribution in [0.1, 0.15) is 37.8 Å². The van der Waals surface area contributed by atoms with Gasteiger partial charge in [0.05, 0.1) is 22.3 Å². The number of benzene rings is 2. The van der Waals surface area contributed by atoms with Crippen LogP contribution in [0.25, 0.3) is 10.9 Å². The number of aryl methyl sites for hydroxylation is 1. The van der Waals surface area contributed by atoms with Crippen molar-refractivity contribution in [2.45, 2.75) is 52.0 Å². The second-order valence-electron chi connectivity index (χ2n) is 9.25. The summed E-state index contributed by atoms with van der Waals surface area (Å²) in [4.78, 5) is 0.303. The van der Waals surface area contributed by atoms with E-state index in [1.165, 1.54) is 0 Å². The number of hydrogen-bond donors (Lipinski definition) is 0. The number of nitrogens with zero attached hydrogens (tertiary/aromatic N) is 3. The Hall–Kier alpha value is -2.38. The largest absolute Gasteiger partial charge is 0.381 e. The average molecular weight is 456 g/mol. The summed E-state index contributed by atoms with van der Waals surface area (Å²) >= 11 is 0. The second-order valence-corrected chi connectivity index (χ2v) is 11.1. The molecule has 2 heterocycles. The van der Waals surface area contributed by atoms with Gasteiger partial charge in [0.2, 0.25) is 0 Å². The molecule has 1 aliphatic rings. The summed E-state index contributed by atoms with van der Waals surface area (Å²) in [6.07, 6.45) is 3.85. The van der Waals surface area contributed by atoms with Crippen LogP contribution in [0.3, 0.4) is 0 Å². The first kappa shape index (κ1) is 22.8. The zero-order valence-corrected chi connectivity index (χ0v) is 20.2. The lowest BCUT2D eigenvalue weighted by molar-refractivity contribution is 0.0605. The van der Waals surface area contributed by atoms with E-state index in [2.05, 4.69) is 5.10 Å². The molecule has 0 aliphatic carbocycles. The first-order chi connectivity index (χ1) is 15.3. The van der Waals surface area contributed by atoms with Gasteiger partial charge in [-0.3, -0.25) is 8.99 Å². The van der Waals surface area contributed by atoms with Crippen LogP contribution in [0.2, 0.25) is 0 Å². The molecule has 0 amide bonds. The number of fused-ring (bicyclic) bond motifs is 1. The van der Waals surface area contributed by atoms with Gasteiger partial charge in [0.1, 0.15) is 0 Å². The zero-order chi connectivity index (χ0) is 22.9. The highest BCUT2D eigenvalue weighted by Crippen LogP contribution is 2.31. The van der Waals surface area contributed by atoms with Gasteiger partial charge in [0.25, 0.3) is 10.0 Å². The Labute approximate surface area is 191 Å². The van der Waals surface area contributed by atoms with Gasteiger partial charge in [-0.15, -0.1) is 0 Å². The smallest absolute Gasteiger partial charge is 0.264 e. The maximum Gasteiger partial charge on any atom is 0.264 e. The topological polar surface area (TPSA) is 64.4 Å². The first-order valence-electron chi connectivity index (χ1n) is 11.4. The van der Waals surface area contributed by atoms with E-state index in [9.17, 15) is 8.42 Å². The van der Waals surface area contributed by atoms with Crippen LogP contribution in [0.15, 0.2) is 47.5 Å². The lowest BCUT2D eigenvalue weighted by Gasteiger charge is -2.28. The molecule has 0 atom stereocenters. The van der Waals surface area contributed by atoms with Gasteiger partial charge in [-0.25, -0.2) is 8.42 Å². The third kappa shape index (κ3) is 4.55. The summed E-state index contributed by atoms with van der Waals surface area (Å²) in [5.74, 6) is 0.733. The molecule has 0 saturated carbocycles. The standard InChI is InChI=1S/C25H33N3O3S/c1-18(2)16-28(24-7-5-6-19(3)20(24)4)32(29,30)23-8-9-25-22(14-23)15-26-27(25)17-21-10-12-31-13-11-21/h5-9,14-15,18,21H,10-13,16-17H2,1-4H3. The van der Waals surface area contributed by atoms with E-state index in [0.717, 1.165) is 60.3 Å². The van der Waals surface area contributed by atoms with Crippen molar-refractivity contribution < 1.29 is 13.2 Å². The van der Waals surface area contributed by atoms with Gasteiger partial charge in [0.15, 0.2) is 0 Å². The van der Waals surface area contributed by atoms with Gasteiger partial charge in [-0.05, 0) is 73.9 Å². The Morgan fingerprint density at radius 2 is 1.91 bits per heavy atom. The van der Waals surface area contributed by atoms with E-state index in [1.54, 1.807) is 22.6 Å². The Kier molecular flexibility index (Phi) is 6.58. The molecular weight excluding hydrogens is 422 g/mol. The molecule has 3 aromatic rings. The van der Waals surface area contributed by atoms with Crippen LogP contribution in [0.5, 0.6) is 0 Å². The van der Waals surface area contributed by atoms with Gasteiger partial charge in [-0.2, -0.15) is 5.10 Å². The fourth-order valence-electron chi connectivity index (χ4n) is 4.34. The highest BCUT2D eigenvalue weighted by atomic mass is 32.2. The normalized spacial score (nSPS) is 15.5. The molecule has 0 bridgehead atoms. The molecule has 1 fully saturated rings. The lowest BCUT2D eigenvalue weighted by atomic mass is 10.0. The lowest BCUT2D eigenvalue weighted by Crippen LogP contribution is -2.35. The first-order valence-corrected chi connectivity index (χ1v) is 12.8. The van der Waals surface area contributed by atoms with Crippen LogP contribution >= 0.6 is 0 Å². The van der Waals surface area contributed by atoms with Crippen molar-refractivity contribution in [2.75, 3.05) is 24.1 Å². The minimum absolute atomic E-state index is 0.190. The van der Waals surface area contributed by atoms with Gasteiger partial charge in [-0.1, -0.05) is 26.0 Å². The van der Waals surface area contributed by atoms with Gasteiger partial charge in [0, 0.05) is 31.7 Å². The Morgan fingerprint density at radius 3 is 2.62 bits per heavy atom. The predicted molar refractivity (Wildman–Crippen MR) is 129 cm³/mol. The molecule has 0 spiro atoms. The third-order valence-electron chi connectivity index (χ3n) is 6.35. The van der Waals surface area contributed by atoms with Crippen molar-refractivity contribution in [3.63, 3.8) is 0 Å². The Bertz CT molecular complexity index is 1190. The third-order valence-corrected chi connectivity index (χ3v) is 8.12. The summed E-state index contributed by atoms with van der Waals surface area (Å²) in [5, 5.41) is 5.41. The highest BCUT2D eigenvalue weighted by molar-refractivity contribution is 7.92. The van der Waals surface area contributed by atoms with E-state index in [4.69, 9.17) is 4.74 Å². The summed E-state index contributed by atoms with van der Waals surface area (Å²) < 4.78 is 36.6. The number of aromatic nitrogens is 2. The summed E-state index contributed by atoms with van der Waals surface area (Å²) in [6, 6.07) is 11.2. The SMILES string of the molecule is Cc1cccc(N(CC(C)C)S(=O)(=O)c2ccc3c(cnn3CC3CCOCC3)c2)c1C. The predicted octanol–water partition coefficient (Wildman–Crippen LogP) is 4.93. The number of rotatable bonds is 7. The molecular formula is C25H33N3O3S. The molecule has 0 N–H and O–H groups in total. The van der Waals surface area contributed by atoms with Crippen LogP contribution in [-0.2, 0) is 21.3 Å². The van der Waals surface area contributed by atoms with Crippen molar-refractivity contribution in [1.29, 1.82) is 0 Å². The van der Waals surface area contributed by atoms with E-state index in [1.807, 2.05) is 56.6 Å². The van der Waals surface area contributed by atoms with Crippen molar-refractivity contribution in [1.82, 2.24) is 9.78 Å². The number of ether oxygens (including phenoxy) is 1. The fourth-order valence-corrected chi connectivity index (χ4v) is 6.06. The summed E-state index contributed by atoms with van der Waals surface area (Å²) in [5.41, 5.74) is 3.78. The monoisotopic (exact) mass is 455 g/mol. The van der Waals surface area contributed by atoms with Crippen molar-refractivity contribution in [3.8, 4) is 0 Å². The van der Waals surface area contributed by atoms with E-state index < -0.39 is 10.0 Å². The van der Waals surface area contributed by atoms with Gasteiger partial charge < -0.3 is 4.74 Å². The van der Waals surface area contributed by atoms with Crippen molar-refractivity contribution >= 4 is 26.6 Å². The highest BCUT2D eigenvalue weighted by Gasteiger charge is 2.28. The van der Waals surface area contributed by atoms with Crippen LogP contribution in [0.4, 0.5) is 5.69 Å². The number of sulfonamides is 1. The molecule has 0 radical (unpaired) electrons. The van der Waals surface area contributed by atoms with E-state index in [-0.39, 0.29) is 5.92 Å². The van der Waals surface area contributed by atoms with E-state index >= 15 is 0 Å². The fraction of sp³-hybridized carbons (Fsp3) is 0.480. The molecule has 0 unspecified atom stereocenters. The van der Waals surface area contributed by atoms with Crippen LogP contribution in [-0.4, -0.2) is 38.0 Å². The Morgan fingerprint density at radius 1 is 1.16 bits per heavy atom. The molecule has 2 aromatic carbocycles. The number of anilines is 1. The average Bonchev–Trinajstić information content (AvgIpc) is 3.17. The van der Waals surface area contributed by atoms with Crippen molar-refractivity contribution in [2.24, 2.45) is 11.8 Å². The molecule has 4 rings (SSSR count). The maximum absolute atomic E-state index is 13.8. The summed E-state index contributed by atoms with van der Waals surface area (Å²) in [6.45, 7) is 10.9. The summed E-state index contributed by atoms with van der Waals surface area (Å²) in [7, 11) is -3.72. The maximum atomic E-state index is 13.8. The minimum atomic E-state index is -3.72. The zero-order valence-electron chi connectivity index (χ0n) is 19.4. The molecule has 1 aromatic heterocycles. The van der Waals surface area contributed by atoms with Gasteiger partial charge >= 0.3 is 0 Å². The molecule has 1 saturated heterocycles. The van der Waals surface area contributed by atoms with Crippen LogP contribution in [0, 0.1) is 25.7 Å². The minimum Gasteiger partial charge on any atom is -0.381 e. The Balaban J connectivity index is 1.69. The molecule has 1 aliphatic heterocycles. The van der Waals surface area contributed by atoms with Crippen LogP contribution < -0.4 is 4.31 Å². The quantitative estimate of drug-likeness (QED) is 0.507. The van der Waals surface area contributed by atoms with E-state index in [0.29, 0.717) is 17.4 Å².